The van der Waals surface area contributed by atoms with Crippen molar-refractivity contribution in [3.63, 3.8) is 0 Å². The number of fused-ring (bicyclic) bond motifs is 1. The highest BCUT2D eigenvalue weighted by Gasteiger charge is 2.22. The molecule has 8 nitrogen and oxygen atoms in total. The minimum atomic E-state index is -0.673. The summed E-state index contributed by atoms with van der Waals surface area (Å²) < 4.78 is 10.1. The summed E-state index contributed by atoms with van der Waals surface area (Å²) in [7, 11) is 3.00. The van der Waals surface area contributed by atoms with Crippen molar-refractivity contribution < 1.29 is 23.9 Å². The van der Waals surface area contributed by atoms with Crippen molar-refractivity contribution in [2.45, 2.75) is 38.1 Å². The molecule has 9 heteroatoms. The Morgan fingerprint density at radius 3 is 2.53 bits per heavy atom. The van der Waals surface area contributed by atoms with Crippen molar-refractivity contribution >= 4 is 46.2 Å². The second-order valence-corrected chi connectivity index (χ2v) is 8.77. The highest BCUT2D eigenvalue weighted by atomic mass is 35.5. The average Bonchev–Trinajstić information content (AvgIpc) is 2.89. The molecule has 1 N–H and O–H groups in total. The van der Waals surface area contributed by atoms with Crippen LogP contribution in [0, 0.1) is 0 Å². The van der Waals surface area contributed by atoms with E-state index in [2.05, 4.69) is 10.3 Å². The van der Waals surface area contributed by atoms with E-state index < -0.39 is 12.1 Å². The maximum Gasteiger partial charge on any atom is 0.412 e. The largest absolute Gasteiger partial charge is 0.469 e. The summed E-state index contributed by atoms with van der Waals surface area (Å²) in [6, 6.07) is 16.4. The molecule has 0 saturated heterocycles. The number of methoxy groups -OCH3 is 1. The monoisotopic (exact) mass is 511 g/mol. The fraction of sp³-hybridized carbons (Fsp3) is 0.333. The van der Waals surface area contributed by atoms with E-state index in [-0.39, 0.29) is 31.3 Å². The van der Waals surface area contributed by atoms with Crippen LogP contribution in [-0.4, -0.2) is 54.7 Å². The zero-order valence-corrected chi connectivity index (χ0v) is 21.2. The van der Waals surface area contributed by atoms with Crippen molar-refractivity contribution in [3.8, 4) is 0 Å². The van der Waals surface area contributed by atoms with Gasteiger partial charge in [-0.05, 0) is 42.3 Å². The maximum absolute atomic E-state index is 12.9. The van der Waals surface area contributed by atoms with E-state index in [4.69, 9.17) is 21.1 Å². The van der Waals surface area contributed by atoms with Crippen LogP contribution in [0.1, 0.15) is 31.2 Å². The number of ether oxygens (including phenoxy) is 2. The van der Waals surface area contributed by atoms with Gasteiger partial charge >= 0.3 is 12.1 Å². The smallest absolute Gasteiger partial charge is 0.412 e. The second-order valence-electron chi connectivity index (χ2n) is 8.36. The van der Waals surface area contributed by atoms with Gasteiger partial charge in [-0.15, -0.1) is 0 Å². The van der Waals surface area contributed by atoms with Crippen molar-refractivity contribution in [1.29, 1.82) is 0 Å². The number of aromatic nitrogens is 1. The number of likely N-dealkylation sites (N-methyl/N-ethyl adjacent to an activating group) is 1. The molecule has 0 saturated carbocycles. The van der Waals surface area contributed by atoms with Crippen molar-refractivity contribution in [2.24, 2.45) is 0 Å². The van der Waals surface area contributed by atoms with Crippen LogP contribution in [0.25, 0.3) is 10.8 Å². The van der Waals surface area contributed by atoms with Crippen molar-refractivity contribution in [2.75, 3.05) is 26.1 Å². The fourth-order valence-electron chi connectivity index (χ4n) is 3.76. The summed E-state index contributed by atoms with van der Waals surface area (Å²) in [6.45, 7) is -0.0328. The molecule has 0 aliphatic heterocycles. The van der Waals surface area contributed by atoms with E-state index in [1.807, 2.05) is 42.5 Å². The van der Waals surface area contributed by atoms with Crippen LogP contribution in [0.2, 0.25) is 5.02 Å². The van der Waals surface area contributed by atoms with E-state index >= 15 is 0 Å². The average molecular weight is 512 g/mol. The molecule has 0 spiro atoms. The molecule has 1 aromatic heterocycles. The number of halogens is 1. The minimum Gasteiger partial charge on any atom is -0.469 e. The highest BCUT2D eigenvalue weighted by Crippen LogP contribution is 2.19. The first-order valence-electron chi connectivity index (χ1n) is 11.7. The Hall–Kier alpha value is -3.65. The van der Waals surface area contributed by atoms with Gasteiger partial charge in [-0.25, -0.2) is 9.78 Å². The third-order valence-corrected chi connectivity index (χ3v) is 6.29. The van der Waals surface area contributed by atoms with Crippen LogP contribution in [0.3, 0.4) is 0 Å². The van der Waals surface area contributed by atoms with Crippen LogP contribution >= 0.6 is 11.6 Å². The number of benzene rings is 2. The van der Waals surface area contributed by atoms with E-state index in [1.54, 1.807) is 30.3 Å². The number of pyridine rings is 1. The maximum atomic E-state index is 12.9. The Labute approximate surface area is 215 Å². The molecule has 2 amide bonds. The van der Waals surface area contributed by atoms with Gasteiger partial charge in [-0.1, -0.05) is 54.1 Å². The first-order valence-corrected chi connectivity index (χ1v) is 12.1. The zero-order valence-electron chi connectivity index (χ0n) is 20.4. The summed E-state index contributed by atoms with van der Waals surface area (Å²) in [6.07, 6.45) is 2.90. The molecule has 2 aromatic carbocycles. The Balaban J connectivity index is 1.58. The quantitative estimate of drug-likeness (QED) is 0.353. The van der Waals surface area contributed by atoms with E-state index in [0.29, 0.717) is 30.1 Å². The number of aryl methyl sites for hydroxylation is 1. The predicted octanol–water partition coefficient (Wildman–Crippen LogP) is 5.24. The van der Waals surface area contributed by atoms with Gasteiger partial charge in [0.25, 0.3) is 0 Å². The zero-order chi connectivity index (χ0) is 25.9. The van der Waals surface area contributed by atoms with E-state index in [9.17, 15) is 14.4 Å². The summed E-state index contributed by atoms with van der Waals surface area (Å²) >= 11 is 6.21. The number of carbonyl (C=O) groups excluding carboxylic acids is 3. The Bertz CT molecular complexity index is 1200. The molecule has 0 unspecified atom stereocenters. The lowest BCUT2D eigenvalue weighted by molar-refractivity contribution is -0.140. The number of amides is 2. The van der Waals surface area contributed by atoms with Crippen LogP contribution in [-0.2, 0) is 25.5 Å². The van der Waals surface area contributed by atoms with Crippen molar-refractivity contribution in [3.05, 3.63) is 71.4 Å². The number of nitrogens with zero attached hydrogens (tertiary/aromatic N) is 2. The fourth-order valence-corrected chi connectivity index (χ4v) is 3.99. The third kappa shape index (κ3) is 7.95. The number of hydrogen-bond donors (Lipinski definition) is 1. The standard InChI is InChI=1S/C27H30ClN3O5/c1-31(25(32)15-14-19-8-5-6-12-23(19)28)22(11-7-13-26(33)35-2)18-36-27(34)30-24-16-20-9-3-4-10-21(20)17-29-24/h3-6,8-10,12,16-17,22H,7,11,13-15,18H2,1-2H3,(H,29,30,34)/t22-/m0/s1. The topological polar surface area (TPSA) is 97.8 Å². The molecule has 3 rings (SSSR count). The van der Waals surface area contributed by atoms with Gasteiger partial charge in [0.1, 0.15) is 12.4 Å². The molecule has 0 aliphatic rings. The lowest BCUT2D eigenvalue weighted by atomic mass is 10.1. The molecule has 1 heterocycles. The number of rotatable bonds is 11. The Morgan fingerprint density at radius 2 is 1.78 bits per heavy atom. The van der Waals surface area contributed by atoms with E-state index in [0.717, 1.165) is 16.3 Å². The van der Waals surface area contributed by atoms with Crippen LogP contribution in [0.4, 0.5) is 10.6 Å². The molecular weight excluding hydrogens is 482 g/mol. The third-order valence-electron chi connectivity index (χ3n) is 5.92. The van der Waals surface area contributed by atoms with Gasteiger partial charge < -0.3 is 14.4 Å². The Kier molecular flexibility index (Phi) is 10.1. The molecule has 0 bridgehead atoms. The van der Waals surface area contributed by atoms with Gasteiger partial charge in [0.15, 0.2) is 0 Å². The minimum absolute atomic E-state index is 0.0328. The van der Waals surface area contributed by atoms with Crippen LogP contribution < -0.4 is 5.32 Å². The van der Waals surface area contributed by atoms with Crippen LogP contribution in [0.15, 0.2) is 60.8 Å². The highest BCUT2D eigenvalue weighted by molar-refractivity contribution is 6.31. The van der Waals surface area contributed by atoms with Gasteiger partial charge in [0.2, 0.25) is 5.91 Å². The first kappa shape index (κ1) is 26.9. The molecule has 190 valence electrons. The SMILES string of the molecule is COC(=O)CCC[C@@H](COC(=O)Nc1cc2ccccc2cn1)N(C)C(=O)CCc1ccccc1Cl. The normalized spacial score (nSPS) is 11.5. The number of carbonyl (C=O) groups is 3. The number of nitrogens with one attached hydrogen (secondary N) is 1. The Morgan fingerprint density at radius 1 is 1.06 bits per heavy atom. The van der Waals surface area contributed by atoms with Gasteiger partial charge in [-0.3, -0.25) is 14.9 Å². The van der Waals surface area contributed by atoms with Crippen LogP contribution in [0.5, 0.6) is 0 Å². The summed E-state index contributed by atoms with van der Waals surface area (Å²) in [5.41, 5.74) is 0.890. The molecule has 36 heavy (non-hydrogen) atoms. The van der Waals surface area contributed by atoms with Gasteiger partial charge in [-0.2, -0.15) is 0 Å². The molecule has 0 aliphatic carbocycles. The number of hydrogen-bond acceptors (Lipinski definition) is 6. The van der Waals surface area contributed by atoms with E-state index in [1.165, 1.54) is 7.11 Å². The lowest BCUT2D eigenvalue weighted by Gasteiger charge is -2.28. The summed E-state index contributed by atoms with van der Waals surface area (Å²) in [4.78, 5) is 42.7. The molecule has 1 atom stereocenters. The number of esters is 1. The van der Waals surface area contributed by atoms with Gasteiger partial charge in [0, 0.05) is 36.5 Å². The molecule has 3 aromatic rings. The molecular formula is C27H30ClN3O5. The lowest BCUT2D eigenvalue weighted by Crippen LogP contribution is -2.41. The van der Waals surface area contributed by atoms with Gasteiger partial charge in [0.05, 0.1) is 13.2 Å². The molecule has 0 fully saturated rings. The predicted molar refractivity (Wildman–Crippen MR) is 139 cm³/mol. The van der Waals surface area contributed by atoms with Crippen molar-refractivity contribution in [1.82, 2.24) is 9.88 Å². The number of anilines is 1. The second kappa shape index (κ2) is 13.4. The first-order chi connectivity index (χ1) is 17.4. The molecule has 0 radical (unpaired) electrons. The summed E-state index contributed by atoms with van der Waals surface area (Å²) in [5, 5.41) is 5.14. The summed E-state index contributed by atoms with van der Waals surface area (Å²) in [5.74, 6) is -0.0780.